The van der Waals surface area contributed by atoms with Crippen LogP contribution in [-0.2, 0) is 14.8 Å². The van der Waals surface area contributed by atoms with Gasteiger partial charge in [0.05, 0.1) is 10.6 Å². The Hall–Kier alpha value is -2.60. The molecule has 4 rings (SSSR count). The van der Waals surface area contributed by atoms with E-state index in [4.69, 9.17) is 0 Å². The Bertz CT molecular complexity index is 1020. The number of anilines is 1. The summed E-state index contributed by atoms with van der Waals surface area (Å²) in [6, 6.07) is 14.7. The number of sulfonamides is 1. The maximum Gasteiger partial charge on any atom is 0.264 e. The van der Waals surface area contributed by atoms with Crippen LogP contribution in [0.1, 0.15) is 36.8 Å². The number of hydrogen-bond donors (Lipinski definition) is 1. The molecular weight excluding hydrogens is 372 g/mol. The zero-order chi connectivity index (χ0) is 19.7. The van der Waals surface area contributed by atoms with E-state index in [-0.39, 0.29) is 10.8 Å². The Balaban J connectivity index is 1.72. The van der Waals surface area contributed by atoms with E-state index in [9.17, 15) is 13.2 Å². The summed E-state index contributed by atoms with van der Waals surface area (Å²) in [5, 5.41) is 2.98. The van der Waals surface area contributed by atoms with E-state index in [1.165, 1.54) is 4.31 Å². The molecule has 0 radical (unpaired) electrons. The molecule has 5 nitrogen and oxygen atoms in total. The van der Waals surface area contributed by atoms with Gasteiger partial charge in [-0.2, -0.15) is 0 Å². The zero-order valence-electron chi connectivity index (χ0n) is 15.9. The SMILES string of the molecule is Cc1ccc(S(=O)(=O)N2CCCC(=CC(=O)NC3CC3)c3ccccc32)cc1. The Labute approximate surface area is 166 Å². The van der Waals surface area contributed by atoms with E-state index in [1.54, 1.807) is 18.2 Å². The van der Waals surface area contributed by atoms with Crippen molar-refractivity contribution in [2.24, 2.45) is 0 Å². The van der Waals surface area contributed by atoms with Crippen molar-refractivity contribution >= 4 is 27.2 Å². The van der Waals surface area contributed by atoms with Crippen LogP contribution < -0.4 is 9.62 Å². The number of aryl methyl sites for hydroxylation is 1. The molecule has 0 bridgehead atoms. The lowest BCUT2D eigenvalue weighted by atomic mass is 10.0. The monoisotopic (exact) mass is 396 g/mol. The molecule has 2 aromatic carbocycles. The van der Waals surface area contributed by atoms with Gasteiger partial charge in [-0.1, -0.05) is 35.9 Å². The molecule has 1 aliphatic carbocycles. The molecule has 28 heavy (non-hydrogen) atoms. The maximum atomic E-state index is 13.3. The van der Waals surface area contributed by atoms with E-state index >= 15 is 0 Å². The molecule has 146 valence electrons. The molecule has 1 aliphatic heterocycles. The number of allylic oxidation sites excluding steroid dienone is 1. The van der Waals surface area contributed by atoms with Crippen molar-refractivity contribution in [2.75, 3.05) is 10.8 Å². The highest BCUT2D eigenvalue weighted by Crippen LogP contribution is 2.36. The first kappa shape index (κ1) is 18.7. The van der Waals surface area contributed by atoms with Gasteiger partial charge in [-0.15, -0.1) is 0 Å². The summed E-state index contributed by atoms with van der Waals surface area (Å²) in [7, 11) is -3.67. The quantitative estimate of drug-likeness (QED) is 0.803. The molecule has 2 aliphatic rings. The van der Waals surface area contributed by atoms with Gasteiger partial charge >= 0.3 is 0 Å². The molecular formula is C22H24N2O3S. The van der Waals surface area contributed by atoms with Gasteiger partial charge in [-0.3, -0.25) is 9.10 Å². The summed E-state index contributed by atoms with van der Waals surface area (Å²) in [4.78, 5) is 12.6. The number of nitrogens with zero attached hydrogens (tertiary/aromatic N) is 1. The molecule has 1 fully saturated rings. The highest BCUT2D eigenvalue weighted by molar-refractivity contribution is 7.92. The molecule has 1 N–H and O–H groups in total. The van der Waals surface area contributed by atoms with Gasteiger partial charge in [0, 0.05) is 24.2 Å². The van der Waals surface area contributed by atoms with Crippen LogP contribution in [0.25, 0.3) is 5.57 Å². The lowest BCUT2D eigenvalue weighted by molar-refractivity contribution is -0.116. The predicted molar refractivity (Wildman–Crippen MR) is 111 cm³/mol. The third-order valence-corrected chi connectivity index (χ3v) is 6.99. The van der Waals surface area contributed by atoms with Gasteiger partial charge < -0.3 is 5.32 Å². The van der Waals surface area contributed by atoms with Gasteiger partial charge in [-0.25, -0.2) is 8.42 Å². The molecule has 0 saturated heterocycles. The highest BCUT2D eigenvalue weighted by Gasteiger charge is 2.29. The lowest BCUT2D eigenvalue weighted by Gasteiger charge is -2.24. The van der Waals surface area contributed by atoms with Crippen molar-refractivity contribution in [3.8, 4) is 0 Å². The standard InChI is InChI=1S/C22H24N2O3S/c1-16-8-12-19(13-9-16)28(26,27)24-14-4-5-17(15-22(25)23-18-10-11-18)20-6-2-3-7-21(20)24/h2-3,6-9,12-13,15,18H,4-5,10-11,14H2,1H3,(H,23,25). The largest absolute Gasteiger partial charge is 0.350 e. The van der Waals surface area contributed by atoms with E-state index < -0.39 is 10.0 Å². The van der Waals surface area contributed by atoms with Gasteiger partial charge in [0.1, 0.15) is 0 Å². The molecule has 0 atom stereocenters. The molecule has 1 saturated carbocycles. The van der Waals surface area contributed by atoms with E-state index in [2.05, 4.69) is 5.32 Å². The van der Waals surface area contributed by atoms with Crippen LogP contribution in [0.15, 0.2) is 59.5 Å². The van der Waals surface area contributed by atoms with Crippen molar-refractivity contribution in [1.82, 2.24) is 5.32 Å². The van der Waals surface area contributed by atoms with Gasteiger partial charge in [-0.05, 0) is 56.4 Å². The number of fused-ring (bicyclic) bond motifs is 1. The van der Waals surface area contributed by atoms with Gasteiger partial charge in [0.15, 0.2) is 0 Å². The van der Waals surface area contributed by atoms with Crippen LogP contribution in [0, 0.1) is 6.92 Å². The van der Waals surface area contributed by atoms with Crippen LogP contribution in [0.5, 0.6) is 0 Å². The number of amides is 1. The number of hydrogen-bond acceptors (Lipinski definition) is 3. The Kier molecular flexibility index (Phi) is 4.98. The Morgan fingerprint density at radius 2 is 1.82 bits per heavy atom. The fourth-order valence-corrected chi connectivity index (χ4v) is 5.02. The first-order valence-electron chi connectivity index (χ1n) is 9.65. The molecule has 1 heterocycles. The van der Waals surface area contributed by atoms with Crippen molar-refractivity contribution in [2.45, 2.75) is 43.5 Å². The molecule has 1 amide bonds. The van der Waals surface area contributed by atoms with Crippen LogP contribution in [0.2, 0.25) is 0 Å². The first-order chi connectivity index (χ1) is 13.4. The molecule has 0 aromatic heterocycles. The molecule has 0 unspecified atom stereocenters. The smallest absolute Gasteiger partial charge is 0.264 e. The fourth-order valence-electron chi connectivity index (χ4n) is 3.50. The van der Waals surface area contributed by atoms with Crippen LogP contribution in [-0.4, -0.2) is 26.9 Å². The minimum atomic E-state index is -3.67. The summed E-state index contributed by atoms with van der Waals surface area (Å²) in [6.07, 6.45) is 5.03. The summed E-state index contributed by atoms with van der Waals surface area (Å²) in [6.45, 7) is 2.32. The van der Waals surface area contributed by atoms with E-state index in [0.717, 1.165) is 29.5 Å². The number of carbonyl (C=O) groups is 1. The number of benzene rings is 2. The van der Waals surface area contributed by atoms with E-state index in [0.29, 0.717) is 31.1 Å². The van der Waals surface area contributed by atoms with Crippen LogP contribution in [0.3, 0.4) is 0 Å². The lowest BCUT2D eigenvalue weighted by Crippen LogP contribution is -2.31. The van der Waals surface area contributed by atoms with E-state index in [1.807, 2.05) is 43.3 Å². The fraction of sp³-hybridized carbons (Fsp3) is 0.318. The summed E-state index contributed by atoms with van der Waals surface area (Å²) in [5.41, 5.74) is 3.34. The summed E-state index contributed by atoms with van der Waals surface area (Å²) < 4.78 is 28.1. The normalized spacial score (nSPS) is 18.5. The van der Waals surface area contributed by atoms with Crippen LogP contribution >= 0.6 is 0 Å². The average molecular weight is 397 g/mol. The topological polar surface area (TPSA) is 66.5 Å². The van der Waals surface area contributed by atoms with Crippen LogP contribution in [0.4, 0.5) is 5.69 Å². The number of nitrogens with one attached hydrogen (secondary N) is 1. The molecule has 2 aromatic rings. The number of carbonyl (C=O) groups excluding carboxylic acids is 1. The first-order valence-corrected chi connectivity index (χ1v) is 11.1. The third kappa shape index (κ3) is 3.83. The Morgan fingerprint density at radius 1 is 1.11 bits per heavy atom. The second kappa shape index (κ2) is 7.43. The van der Waals surface area contributed by atoms with Gasteiger partial charge in [0.2, 0.25) is 5.91 Å². The predicted octanol–water partition coefficient (Wildman–Crippen LogP) is 3.65. The van der Waals surface area contributed by atoms with Crippen molar-refractivity contribution in [3.05, 3.63) is 65.7 Å². The van der Waals surface area contributed by atoms with Gasteiger partial charge in [0.25, 0.3) is 10.0 Å². The average Bonchev–Trinajstić information content (AvgIpc) is 3.49. The number of para-hydroxylation sites is 1. The molecule has 6 heteroatoms. The van der Waals surface area contributed by atoms with Crippen molar-refractivity contribution < 1.29 is 13.2 Å². The Morgan fingerprint density at radius 3 is 2.54 bits per heavy atom. The second-order valence-corrected chi connectivity index (χ2v) is 9.33. The maximum absolute atomic E-state index is 13.3. The minimum absolute atomic E-state index is 0.0952. The highest BCUT2D eigenvalue weighted by atomic mass is 32.2. The summed E-state index contributed by atoms with van der Waals surface area (Å²) >= 11 is 0. The second-order valence-electron chi connectivity index (χ2n) is 7.46. The van der Waals surface area contributed by atoms with Crippen molar-refractivity contribution in [1.29, 1.82) is 0 Å². The zero-order valence-corrected chi connectivity index (χ0v) is 16.7. The molecule has 0 spiro atoms. The third-order valence-electron chi connectivity index (χ3n) is 5.16. The number of rotatable bonds is 4. The van der Waals surface area contributed by atoms with Crippen molar-refractivity contribution in [3.63, 3.8) is 0 Å². The minimum Gasteiger partial charge on any atom is -0.350 e. The summed E-state index contributed by atoms with van der Waals surface area (Å²) in [5.74, 6) is -0.0952.